The molecule has 0 amide bonds. The van der Waals surface area contributed by atoms with Crippen molar-refractivity contribution in [2.75, 3.05) is 0 Å². The molecule has 1 aliphatic carbocycles. The second-order valence-electron chi connectivity index (χ2n) is 5.38. The molecular weight excluding hydrogens is 220 g/mol. The van der Waals surface area contributed by atoms with Gasteiger partial charge in [0.2, 0.25) is 0 Å². The Bertz CT molecular complexity index is 312. The van der Waals surface area contributed by atoms with E-state index in [0.29, 0.717) is 12.1 Å². The third-order valence-corrected chi connectivity index (χ3v) is 3.31. The molecule has 1 N–H and O–H groups in total. The van der Waals surface area contributed by atoms with Crippen LogP contribution in [0, 0.1) is 0 Å². The van der Waals surface area contributed by atoms with Gasteiger partial charge in [-0.05, 0) is 33.6 Å². The summed E-state index contributed by atoms with van der Waals surface area (Å²) in [7, 11) is 0. The monoisotopic (exact) mass is 240 g/mol. The van der Waals surface area contributed by atoms with Gasteiger partial charge in [-0.3, -0.25) is 0 Å². The van der Waals surface area contributed by atoms with Gasteiger partial charge in [-0.2, -0.15) is 0 Å². The first-order chi connectivity index (χ1) is 7.53. The lowest BCUT2D eigenvalue weighted by atomic mass is 9.88. The molecule has 2 rings (SSSR count). The molecule has 1 saturated carbocycles. The molecule has 0 spiro atoms. The minimum atomic E-state index is -0.00937. The van der Waals surface area contributed by atoms with Gasteiger partial charge in [-0.1, -0.05) is 0 Å². The zero-order chi connectivity index (χ0) is 11.6. The minimum Gasteiger partial charge on any atom is -0.373 e. The summed E-state index contributed by atoms with van der Waals surface area (Å²) < 4.78 is 5.89. The SMILES string of the molecule is CC(C)(C)OC1CC(NCc2cscn2)C1. The summed E-state index contributed by atoms with van der Waals surface area (Å²) in [6, 6.07) is 0.606. The van der Waals surface area contributed by atoms with Crippen molar-refractivity contribution in [3.05, 3.63) is 16.6 Å². The van der Waals surface area contributed by atoms with E-state index in [9.17, 15) is 0 Å². The van der Waals surface area contributed by atoms with Crippen LogP contribution in [0.15, 0.2) is 10.9 Å². The van der Waals surface area contributed by atoms with Crippen molar-refractivity contribution in [1.29, 1.82) is 0 Å². The first kappa shape index (κ1) is 12.0. The maximum Gasteiger partial charge on any atom is 0.0795 e. The predicted octanol–water partition coefficient (Wildman–Crippen LogP) is 2.58. The zero-order valence-corrected chi connectivity index (χ0v) is 11.0. The van der Waals surface area contributed by atoms with Gasteiger partial charge < -0.3 is 10.1 Å². The van der Waals surface area contributed by atoms with Crippen LogP contribution in [-0.2, 0) is 11.3 Å². The maximum absolute atomic E-state index is 5.89. The smallest absolute Gasteiger partial charge is 0.0795 e. The number of aromatic nitrogens is 1. The standard InChI is InChI=1S/C12H20N2OS/c1-12(2,3)15-11-4-9(5-11)13-6-10-7-16-8-14-10/h7-9,11,13H,4-6H2,1-3H3. The van der Waals surface area contributed by atoms with Crippen LogP contribution >= 0.6 is 11.3 Å². The number of hydrogen-bond donors (Lipinski definition) is 1. The van der Waals surface area contributed by atoms with E-state index in [2.05, 4.69) is 36.5 Å². The summed E-state index contributed by atoms with van der Waals surface area (Å²) in [5, 5.41) is 5.59. The Morgan fingerprint density at radius 2 is 2.25 bits per heavy atom. The van der Waals surface area contributed by atoms with Crippen LogP contribution in [0.25, 0.3) is 0 Å². The number of nitrogens with one attached hydrogen (secondary N) is 1. The average Bonchev–Trinajstić information content (AvgIpc) is 2.59. The number of rotatable bonds is 4. The van der Waals surface area contributed by atoms with Gasteiger partial charge in [0.1, 0.15) is 0 Å². The average molecular weight is 240 g/mol. The molecule has 0 aliphatic heterocycles. The van der Waals surface area contributed by atoms with E-state index in [4.69, 9.17) is 4.74 Å². The summed E-state index contributed by atoms with van der Waals surface area (Å²) >= 11 is 1.65. The highest BCUT2D eigenvalue weighted by Gasteiger charge is 2.32. The summed E-state index contributed by atoms with van der Waals surface area (Å²) in [5.74, 6) is 0. The first-order valence-corrected chi connectivity index (χ1v) is 6.75. The van der Waals surface area contributed by atoms with E-state index in [1.165, 1.54) is 0 Å². The third-order valence-electron chi connectivity index (χ3n) is 2.67. The minimum absolute atomic E-state index is 0.00937. The van der Waals surface area contributed by atoms with Crippen LogP contribution in [0.3, 0.4) is 0 Å². The molecule has 0 atom stereocenters. The molecule has 0 saturated heterocycles. The van der Waals surface area contributed by atoms with Crippen LogP contribution < -0.4 is 5.32 Å². The normalized spacial score (nSPS) is 25.4. The Kier molecular flexibility index (Phi) is 3.62. The first-order valence-electron chi connectivity index (χ1n) is 5.81. The molecule has 3 nitrogen and oxygen atoms in total. The van der Waals surface area contributed by atoms with Gasteiger partial charge in [-0.25, -0.2) is 4.98 Å². The van der Waals surface area contributed by atoms with Crippen LogP contribution in [0.1, 0.15) is 39.3 Å². The lowest BCUT2D eigenvalue weighted by molar-refractivity contribution is -0.102. The van der Waals surface area contributed by atoms with Crippen molar-refractivity contribution >= 4 is 11.3 Å². The van der Waals surface area contributed by atoms with Gasteiger partial charge >= 0.3 is 0 Å². The van der Waals surface area contributed by atoms with Gasteiger partial charge in [0.15, 0.2) is 0 Å². The van der Waals surface area contributed by atoms with E-state index >= 15 is 0 Å². The Labute approximate surface area is 101 Å². The second-order valence-corrected chi connectivity index (χ2v) is 6.10. The summed E-state index contributed by atoms with van der Waals surface area (Å²) in [6.07, 6.45) is 2.69. The summed E-state index contributed by atoms with van der Waals surface area (Å²) in [5.41, 5.74) is 3.01. The van der Waals surface area contributed by atoms with Gasteiger partial charge in [0.05, 0.1) is 22.9 Å². The maximum atomic E-state index is 5.89. The molecule has 1 fully saturated rings. The third kappa shape index (κ3) is 3.54. The fourth-order valence-electron chi connectivity index (χ4n) is 1.90. The van der Waals surface area contributed by atoms with Crippen molar-refractivity contribution in [2.24, 2.45) is 0 Å². The number of nitrogens with zero attached hydrogens (tertiary/aromatic N) is 1. The molecule has 0 aromatic carbocycles. The largest absolute Gasteiger partial charge is 0.373 e. The van der Waals surface area contributed by atoms with Gasteiger partial charge in [0.25, 0.3) is 0 Å². The summed E-state index contributed by atoms with van der Waals surface area (Å²) in [4.78, 5) is 4.25. The van der Waals surface area contributed by atoms with E-state index in [-0.39, 0.29) is 5.60 Å². The topological polar surface area (TPSA) is 34.1 Å². The number of thiazole rings is 1. The van der Waals surface area contributed by atoms with Crippen molar-refractivity contribution in [2.45, 2.75) is 57.9 Å². The van der Waals surface area contributed by atoms with Crippen LogP contribution in [0.2, 0.25) is 0 Å². The van der Waals surface area contributed by atoms with Gasteiger partial charge in [0, 0.05) is 18.0 Å². The van der Waals surface area contributed by atoms with Crippen molar-refractivity contribution in [1.82, 2.24) is 10.3 Å². The quantitative estimate of drug-likeness (QED) is 0.878. The molecule has 1 aromatic rings. The van der Waals surface area contributed by atoms with E-state index in [1.807, 2.05) is 5.51 Å². The highest BCUT2D eigenvalue weighted by Crippen LogP contribution is 2.27. The lowest BCUT2D eigenvalue weighted by Crippen LogP contribution is -2.47. The predicted molar refractivity (Wildman–Crippen MR) is 66.6 cm³/mol. The Morgan fingerprint density at radius 1 is 1.50 bits per heavy atom. The molecule has 0 unspecified atom stereocenters. The molecule has 1 aromatic heterocycles. The highest BCUT2D eigenvalue weighted by molar-refractivity contribution is 7.07. The molecule has 0 radical (unpaired) electrons. The fourth-order valence-corrected chi connectivity index (χ4v) is 2.46. The number of hydrogen-bond acceptors (Lipinski definition) is 4. The second kappa shape index (κ2) is 4.82. The van der Waals surface area contributed by atoms with E-state index in [1.54, 1.807) is 11.3 Å². The van der Waals surface area contributed by atoms with Crippen molar-refractivity contribution in [3.8, 4) is 0 Å². The highest BCUT2D eigenvalue weighted by atomic mass is 32.1. The molecule has 0 bridgehead atoms. The summed E-state index contributed by atoms with van der Waals surface area (Å²) in [6.45, 7) is 7.23. The van der Waals surface area contributed by atoms with Gasteiger partial charge in [-0.15, -0.1) is 11.3 Å². The zero-order valence-electron chi connectivity index (χ0n) is 10.2. The van der Waals surface area contributed by atoms with Crippen LogP contribution in [0.4, 0.5) is 0 Å². The van der Waals surface area contributed by atoms with Crippen molar-refractivity contribution in [3.63, 3.8) is 0 Å². The Balaban J connectivity index is 1.62. The van der Waals surface area contributed by atoms with E-state index < -0.39 is 0 Å². The number of ether oxygens (including phenoxy) is 1. The molecule has 1 aliphatic rings. The Hall–Kier alpha value is -0.450. The van der Waals surface area contributed by atoms with Crippen molar-refractivity contribution < 1.29 is 4.74 Å². The molecule has 1 heterocycles. The van der Waals surface area contributed by atoms with E-state index in [0.717, 1.165) is 25.1 Å². The molecule has 4 heteroatoms. The van der Waals surface area contributed by atoms with Crippen LogP contribution in [0.5, 0.6) is 0 Å². The fraction of sp³-hybridized carbons (Fsp3) is 0.750. The molecule has 90 valence electrons. The molecular formula is C12H20N2OS. The van der Waals surface area contributed by atoms with Crippen LogP contribution in [-0.4, -0.2) is 22.7 Å². The Morgan fingerprint density at radius 3 is 2.81 bits per heavy atom. The lowest BCUT2D eigenvalue weighted by Gasteiger charge is -2.39. The molecule has 16 heavy (non-hydrogen) atoms.